The van der Waals surface area contributed by atoms with Gasteiger partial charge in [-0.25, -0.2) is 9.18 Å². The van der Waals surface area contributed by atoms with Crippen LogP contribution in [0, 0.1) is 5.82 Å². The number of amides is 1. The van der Waals surface area contributed by atoms with Crippen molar-refractivity contribution < 1.29 is 23.5 Å². The first-order valence-corrected chi connectivity index (χ1v) is 11.1. The van der Waals surface area contributed by atoms with Crippen LogP contribution in [0.15, 0.2) is 47.6 Å². The van der Waals surface area contributed by atoms with Crippen molar-refractivity contribution in [2.75, 3.05) is 6.61 Å². The van der Waals surface area contributed by atoms with Crippen molar-refractivity contribution in [2.45, 2.75) is 58.2 Å². The van der Waals surface area contributed by atoms with Gasteiger partial charge in [0.2, 0.25) is 0 Å². The van der Waals surface area contributed by atoms with Crippen molar-refractivity contribution >= 4 is 23.7 Å². The maximum absolute atomic E-state index is 14.2. The van der Waals surface area contributed by atoms with Crippen molar-refractivity contribution in [1.82, 2.24) is 5.32 Å². The molecule has 0 aliphatic heterocycles. The number of hydrogen-bond acceptors (Lipinski definition) is 5. The topological polar surface area (TPSA) is 113 Å². The lowest BCUT2D eigenvalue weighted by atomic mass is 9.97. The molecule has 0 saturated heterocycles. The Morgan fingerprint density at radius 1 is 1.21 bits per heavy atom. The largest absolute Gasteiger partial charge is 0.466 e. The minimum Gasteiger partial charge on any atom is -0.466 e. The Hall–Kier alpha value is -3.29. The summed E-state index contributed by atoms with van der Waals surface area (Å²) in [5.74, 6) is -1.07. The van der Waals surface area contributed by atoms with Crippen molar-refractivity contribution in [1.29, 1.82) is 0 Å². The number of hydrogen-bond donors (Lipinski definition) is 1. The van der Waals surface area contributed by atoms with Gasteiger partial charge in [-0.3, -0.25) is 4.79 Å². The minimum absolute atomic E-state index is 0.00675. The summed E-state index contributed by atoms with van der Waals surface area (Å²) < 4.78 is 24.5. The van der Waals surface area contributed by atoms with Gasteiger partial charge in [0.15, 0.2) is 0 Å². The van der Waals surface area contributed by atoms with Gasteiger partial charge in [-0.15, -0.1) is 0 Å². The summed E-state index contributed by atoms with van der Waals surface area (Å²) in [4.78, 5) is 27.3. The molecule has 1 amide bonds. The monoisotopic (exact) mass is 490 g/mol. The molecule has 2 aromatic rings. The summed E-state index contributed by atoms with van der Waals surface area (Å²) in [5.41, 5.74) is 9.96. The van der Waals surface area contributed by atoms with Gasteiger partial charge in [0.25, 0.3) is 0 Å². The average molecular weight is 491 g/mol. The SMILES string of the molecule is CCOC(=O)[C@@H](C[C@@H](Cc1ccc(-c2cc(Cl)ccc2F)cc1)NC(=O)OC(C)(C)C)N=[N+]=[N-]. The third-order valence-corrected chi connectivity index (χ3v) is 4.89. The van der Waals surface area contributed by atoms with Crippen LogP contribution in [0.3, 0.4) is 0 Å². The van der Waals surface area contributed by atoms with E-state index in [-0.39, 0.29) is 13.0 Å². The Labute approximate surface area is 203 Å². The van der Waals surface area contributed by atoms with E-state index in [1.54, 1.807) is 58.0 Å². The van der Waals surface area contributed by atoms with Crippen LogP contribution in [0.25, 0.3) is 21.6 Å². The van der Waals surface area contributed by atoms with Gasteiger partial charge in [0.05, 0.1) is 6.61 Å². The fourth-order valence-electron chi connectivity index (χ4n) is 3.25. The van der Waals surface area contributed by atoms with Crippen LogP contribution in [-0.2, 0) is 20.7 Å². The fraction of sp³-hybridized carbons (Fsp3) is 0.417. The van der Waals surface area contributed by atoms with Gasteiger partial charge in [-0.2, -0.15) is 0 Å². The van der Waals surface area contributed by atoms with Crippen LogP contribution in [0.4, 0.5) is 9.18 Å². The average Bonchev–Trinajstić information content (AvgIpc) is 2.74. The molecule has 1 N–H and O–H groups in total. The number of azide groups is 1. The number of halogens is 2. The highest BCUT2D eigenvalue weighted by molar-refractivity contribution is 6.30. The highest BCUT2D eigenvalue weighted by Crippen LogP contribution is 2.26. The number of carbonyl (C=O) groups is 2. The first-order valence-electron chi connectivity index (χ1n) is 10.8. The lowest BCUT2D eigenvalue weighted by molar-refractivity contribution is -0.145. The zero-order valence-corrected chi connectivity index (χ0v) is 20.3. The Morgan fingerprint density at radius 2 is 1.88 bits per heavy atom. The second-order valence-corrected chi connectivity index (χ2v) is 9.01. The van der Waals surface area contributed by atoms with Gasteiger partial charge in [-0.05, 0) is 75.4 Å². The summed E-state index contributed by atoms with van der Waals surface area (Å²) in [6, 6.07) is 9.65. The van der Waals surface area contributed by atoms with E-state index in [1.807, 2.05) is 0 Å². The lowest BCUT2D eigenvalue weighted by Gasteiger charge is -2.25. The molecule has 2 aromatic carbocycles. The van der Waals surface area contributed by atoms with Gasteiger partial charge < -0.3 is 14.8 Å². The molecular formula is C24H28ClFN4O4. The summed E-state index contributed by atoms with van der Waals surface area (Å²) in [6.45, 7) is 6.97. The van der Waals surface area contributed by atoms with E-state index in [2.05, 4.69) is 15.3 Å². The minimum atomic E-state index is -1.12. The first kappa shape index (κ1) is 27.0. The molecule has 0 aliphatic rings. The molecule has 182 valence electrons. The molecule has 0 aromatic heterocycles. The Morgan fingerprint density at radius 3 is 2.47 bits per heavy atom. The number of benzene rings is 2. The quantitative estimate of drug-likeness (QED) is 0.194. The molecular weight excluding hydrogens is 463 g/mol. The summed E-state index contributed by atoms with van der Waals surface area (Å²) in [6.07, 6.45) is -0.361. The number of nitrogens with zero attached hydrogens (tertiary/aromatic N) is 3. The van der Waals surface area contributed by atoms with Crippen LogP contribution in [0.2, 0.25) is 5.02 Å². The number of nitrogens with one attached hydrogen (secondary N) is 1. The van der Waals surface area contributed by atoms with Gasteiger partial charge in [0.1, 0.15) is 17.5 Å². The van der Waals surface area contributed by atoms with Crippen molar-refractivity contribution in [3.63, 3.8) is 0 Å². The molecule has 0 heterocycles. The second-order valence-electron chi connectivity index (χ2n) is 8.58. The van der Waals surface area contributed by atoms with E-state index in [9.17, 15) is 14.0 Å². The summed E-state index contributed by atoms with van der Waals surface area (Å²) >= 11 is 5.99. The predicted octanol–water partition coefficient (Wildman–Crippen LogP) is 6.21. The van der Waals surface area contributed by atoms with E-state index >= 15 is 0 Å². The number of carbonyl (C=O) groups excluding carboxylic acids is 2. The molecule has 10 heteroatoms. The van der Waals surface area contributed by atoms with Crippen molar-refractivity contribution in [2.24, 2.45) is 5.11 Å². The molecule has 0 bridgehead atoms. The molecule has 0 unspecified atom stereocenters. The predicted molar refractivity (Wildman–Crippen MR) is 128 cm³/mol. The molecule has 34 heavy (non-hydrogen) atoms. The Bertz CT molecular complexity index is 1050. The molecule has 0 radical (unpaired) electrons. The third kappa shape index (κ3) is 8.57. The Balaban J connectivity index is 2.25. The van der Waals surface area contributed by atoms with Crippen LogP contribution in [0.1, 0.15) is 39.7 Å². The highest BCUT2D eigenvalue weighted by Gasteiger charge is 2.26. The van der Waals surface area contributed by atoms with E-state index in [0.29, 0.717) is 22.6 Å². The zero-order valence-electron chi connectivity index (χ0n) is 19.5. The number of ether oxygens (including phenoxy) is 2. The van der Waals surface area contributed by atoms with Crippen molar-refractivity contribution in [3.05, 3.63) is 69.3 Å². The third-order valence-electron chi connectivity index (χ3n) is 4.65. The lowest BCUT2D eigenvalue weighted by Crippen LogP contribution is -2.43. The van der Waals surface area contributed by atoms with E-state index in [1.165, 1.54) is 12.1 Å². The molecule has 8 nitrogen and oxygen atoms in total. The number of rotatable bonds is 9. The van der Waals surface area contributed by atoms with Gasteiger partial charge >= 0.3 is 12.1 Å². The second kappa shape index (κ2) is 12.3. The maximum Gasteiger partial charge on any atom is 0.407 e. The molecule has 0 saturated carbocycles. The van der Waals surface area contributed by atoms with Crippen LogP contribution < -0.4 is 5.32 Å². The molecule has 2 rings (SSSR count). The summed E-state index contributed by atoms with van der Waals surface area (Å²) in [5, 5.41) is 6.70. The fourth-order valence-corrected chi connectivity index (χ4v) is 3.42. The first-order chi connectivity index (χ1) is 16.0. The van der Waals surface area contributed by atoms with Gasteiger partial charge in [0, 0.05) is 21.5 Å². The zero-order chi connectivity index (χ0) is 25.3. The maximum atomic E-state index is 14.2. The molecule has 0 aliphatic carbocycles. The van der Waals surface area contributed by atoms with Crippen LogP contribution in [-0.4, -0.2) is 36.4 Å². The number of alkyl carbamates (subject to hydrolysis) is 1. The van der Waals surface area contributed by atoms with Gasteiger partial charge in [-0.1, -0.05) is 41.0 Å². The van der Waals surface area contributed by atoms with Crippen molar-refractivity contribution in [3.8, 4) is 11.1 Å². The van der Waals surface area contributed by atoms with Crippen LogP contribution in [0.5, 0.6) is 0 Å². The highest BCUT2D eigenvalue weighted by atomic mass is 35.5. The Kier molecular flexibility index (Phi) is 9.71. The van der Waals surface area contributed by atoms with E-state index < -0.39 is 35.6 Å². The van der Waals surface area contributed by atoms with E-state index in [0.717, 1.165) is 5.56 Å². The molecule has 2 atom stereocenters. The smallest absolute Gasteiger partial charge is 0.407 e. The summed E-state index contributed by atoms with van der Waals surface area (Å²) in [7, 11) is 0. The van der Waals surface area contributed by atoms with E-state index in [4.69, 9.17) is 26.6 Å². The molecule has 0 fully saturated rings. The normalized spacial score (nSPS) is 12.8. The molecule has 0 spiro atoms. The van der Waals surface area contributed by atoms with Crippen LogP contribution >= 0.6 is 11.6 Å². The standard InChI is InChI=1S/C24H28ClFN4O4/c1-5-33-22(31)21(29-30-27)14-18(28-23(32)34-24(2,3)4)12-15-6-8-16(9-7-15)19-13-17(25)10-11-20(19)26/h6-11,13,18,21H,5,12,14H2,1-4H3,(H,28,32)/t18-,21-/m1/s1. The number of esters is 1.